The summed E-state index contributed by atoms with van der Waals surface area (Å²) in [5.74, 6) is 0. The van der Waals surface area contributed by atoms with E-state index >= 15 is 0 Å². The van der Waals surface area contributed by atoms with Gasteiger partial charge in [-0.05, 0) is 44.5 Å². The quantitative estimate of drug-likeness (QED) is 0.755. The Balaban J connectivity index is 1.84. The molecule has 2 aliphatic rings. The lowest BCUT2D eigenvalue weighted by Gasteiger charge is -2.43. The smallest absolute Gasteiger partial charge is 0.0992 e. The normalized spacial score (nSPS) is 27.9. The van der Waals surface area contributed by atoms with Gasteiger partial charge in [-0.25, -0.2) is 0 Å². The van der Waals surface area contributed by atoms with Gasteiger partial charge < -0.3 is 4.90 Å². The monoisotopic (exact) mass is 241 g/mol. The standard InChI is InChI=1S/C15H19N3/c1-12-10-17-7-3-6-15(17)11-18(12)14-5-2-4-13(8-14)9-16/h2,4-5,8,12,15H,3,6-7,10-11H2,1H3. The zero-order chi connectivity index (χ0) is 12.5. The molecule has 1 aromatic rings. The van der Waals surface area contributed by atoms with E-state index < -0.39 is 0 Å². The van der Waals surface area contributed by atoms with Crippen LogP contribution in [-0.4, -0.2) is 36.6 Å². The number of nitriles is 1. The van der Waals surface area contributed by atoms with E-state index in [4.69, 9.17) is 5.26 Å². The minimum atomic E-state index is 0.535. The van der Waals surface area contributed by atoms with Crippen molar-refractivity contribution >= 4 is 5.69 Å². The number of piperazine rings is 1. The Hall–Kier alpha value is -1.53. The lowest BCUT2D eigenvalue weighted by molar-refractivity contribution is 0.203. The molecule has 3 heteroatoms. The van der Waals surface area contributed by atoms with Crippen molar-refractivity contribution in [2.75, 3.05) is 24.5 Å². The van der Waals surface area contributed by atoms with Crippen LogP contribution in [0, 0.1) is 11.3 Å². The highest BCUT2D eigenvalue weighted by Gasteiger charge is 2.34. The van der Waals surface area contributed by atoms with Gasteiger partial charge >= 0.3 is 0 Å². The van der Waals surface area contributed by atoms with Crippen molar-refractivity contribution in [3.05, 3.63) is 29.8 Å². The molecule has 2 fully saturated rings. The van der Waals surface area contributed by atoms with Crippen LogP contribution in [0.3, 0.4) is 0 Å². The van der Waals surface area contributed by atoms with E-state index in [1.165, 1.54) is 25.1 Å². The largest absolute Gasteiger partial charge is 0.366 e. The van der Waals surface area contributed by atoms with Gasteiger partial charge in [-0.2, -0.15) is 5.26 Å². The van der Waals surface area contributed by atoms with Crippen molar-refractivity contribution < 1.29 is 0 Å². The van der Waals surface area contributed by atoms with E-state index in [0.29, 0.717) is 12.1 Å². The molecule has 2 unspecified atom stereocenters. The molecule has 0 N–H and O–H groups in total. The van der Waals surface area contributed by atoms with Gasteiger partial charge in [-0.15, -0.1) is 0 Å². The first kappa shape index (κ1) is 11.6. The maximum atomic E-state index is 9.00. The molecule has 1 aromatic carbocycles. The first-order chi connectivity index (χ1) is 8.78. The van der Waals surface area contributed by atoms with Crippen LogP contribution >= 0.6 is 0 Å². The van der Waals surface area contributed by atoms with E-state index in [9.17, 15) is 0 Å². The van der Waals surface area contributed by atoms with Gasteiger partial charge in [-0.3, -0.25) is 4.90 Å². The van der Waals surface area contributed by atoms with Crippen LogP contribution in [0.1, 0.15) is 25.3 Å². The van der Waals surface area contributed by atoms with Crippen LogP contribution in [0.15, 0.2) is 24.3 Å². The summed E-state index contributed by atoms with van der Waals surface area (Å²) < 4.78 is 0. The summed E-state index contributed by atoms with van der Waals surface area (Å²) in [4.78, 5) is 5.09. The Morgan fingerprint density at radius 3 is 3.06 bits per heavy atom. The fraction of sp³-hybridized carbons (Fsp3) is 0.533. The molecule has 0 radical (unpaired) electrons. The van der Waals surface area contributed by atoms with E-state index in [1.54, 1.807) is 0 Å². The van der Waals surface area contributed by atoms with Crippen LogP contribution < -0.4 is 4.90 Å². The number of nitrogens with zero attached hydrogens (tertiary/aromatic N) is 3. The second kappa shape index (κ2) is 4.62. The van der Waals surface area contributed by atoms with Gasteiger partial charge in [0.25, 0.3) is 0 Å². The van der Waals surface area contributed by atoms with Gasteiger partial charge in [0.2, 0.25) is 0 Å². The van der Waals surface area contributed by atoms with Crippen molar-refractivity contribution in [3.8, 4) is 6.07 Å². The van der Waals surface area contributed by atoms with Gasteiger partial charge in [0.15, 0.2) is 0 Å². The highest BCUT2D eigenvalue weighted by molar-refractivity contribution is 5.52. The summed E-state index contributed by atoms with van der Waals surface area (Å²) in [5.41, 5.74) is 1.96. The van der Waals surface area contributed by atoms with Crippen molar-refractivity contribution in [1.82, 2.24) is 4.90 Å². The minimum Gasteiger partial charge on any atom is -0.366 e. The molecule has 0 amide bonds. The van der Waals surface area contributed by atoms with Crippen molar-refractivity contribution in [2.45, 2.75) is 31.8 Å². The Kier molecular flexibility index (Phi) is 2.97. The van der Waals surface area contributed by atoms with E-state index in [2.05, 4.69) is 28.9 Å². The highest BCUT2D eigenvalue weighted by atomic mass is 15.3. The number of anilines is 1. The van der Waals surface area contributed by atoms with E-state index in [1.807, 2.05) is 18.2 Å². The molecule has 0 spiro atoms. The zero-order valence-corrected chi connectivity index (χ0v) is 10.8. The van der Waals surface area contributed by atoms with Crippen molar-refractivity contribution in [2.24, 2.45) is 0 Å². The van der Waals surface area contributed by atoms with Gasteiger partial charge in [0.05, 0.1) is 11.6 Å². The summed E-state index contributed by atoms with van der Waals surface area (Å²) in [7, 11) is 0. The highest BCUT2D eigenvalue weighted by Crippen LogP contribution is 2.28. The molecule has 3 nitrogen and oxygen atoms in total. The number of hydrogen-bond acceptors (Lipinski definition) is 3. The van der Waals surface area contributed by atoms with Crippen molar-refractivity contribution in [1.29, 1.82) is 5.26 Å². The predicted molar refractivity (Wildman–Crippen MR) is 72.6 cm³/mol. The summed E-state index contributed by atoms with van der Waals surface area (Å²) >= 11 is 0. The van der Waals surface area contributed by atoms with Crippen molar-refractivity contribution in [3.63, 3.8) is 0 Å². The molecule has 3 rings (SSSR count). The SMILES string of the molecule is CC1CN2CCCC2CN1c1cccc(C#N)c1. The summed E-state index contributed by atoms with van der Waals surface area (Å²) in [6.07, 6.45) is 2.66. The first-order valence-corrected chi connectivity index (χ1v) is 6.79. The average Bonchev–Trinajstić information content (AvgIpc) is 2.85. The Morgan fingerprint density at radius 2 is 2.22 bits per heavy atom. The number of fused-ring (bicyclic) bond motifs is 1. The van der Waals surface area contributed by atoms with E-state index in [-0.39, 0.29) is 0 Å². The summed E-state index contributed by atoms with van der Waals surface area (Å²) in [6, 6.07) is 11.5. The molecule has 18 heavy (non-hydrogen) atoms. The minimum absolute atomic E-state index is 0.535. The predicted octanol–water partition coefficient (Wildman–Crippen LogP) is 2.23. The van der Waals surface area contributed by atoms with Crippen LogP contribution in [0.4, 0.5) is 5.69 Å². The molecule has 2 atom stereocenters. The second-order valence-electron chi connectivity index (χ2n) is 5.45. The number of rotatable bonds is 1. The van der Waals surface area contributed by atoms with Gasteiger partial charge in [0, 0.05) is 30.9 Å². The molecule has 0 aromatic heterocycles. The maximum Gasteiger partial charge on any atom is 0.0992 e. The third kappa shape index (κ3) is 1.97. The summed E-state index contributed by atoms with van der Waals surface area (Å²) in [6.45, 7) is 5.81. The zero-order valence-electron chi connectivity index (χ0n) is 10.8. The fourth-order valence-electron chi connectivity index (χ4n) is 3.30. The van der Waals surface area contributed by atoms with Gasteiger partial charge in [0.1, 0.15) is 0 Å². The third-order valence-corrected chi connectivity index (χ3v) is 4.24. The summed E-state index contributed by atoms with van der Waals surface area (Å²) in [5, 5.41) is 9.00. The molecule has 0 saturated carbocycles. The van der Waals surface area contributed by atoms with Crippen LogP contribution in [0.2, 0.25) is 0 Å². The number of hydrogen-bond donors (Lipinski definition) is 0. The van der Waals surface area contributed by atoms with Gasteiger partial charge in [-0.1, -0.05) is 6.07 Å². The molecule has 2 saturated heterocycles. The molecular formula is C15H19N3. The Bertz CT molecular complexity index is 477. The maximum absolute atomic E-state index is 9.00. The molecular weight excluding hydrogens is 222 g/mol. The lowest BCUT2D eigenvalue weighted by atomic mass is 10.1. The van der Waals surface area contributed by atoms with Crippen LogP contribution in [-0.2, 0) is 0 Å². The second-order valence-corrected chi connectivity index (χ2v) is 5.45. The molecule has 0 aliphatic carbocycles. The first-order valence-electron chi connectivity index (χ1n) is 6.79. The average molecular weight is 241 g/mol. The lowest BCUT2D eigenvalue weighted by Crippen LogP contribution is -2.55. The number of benzene rings is 1. The fourth-order valence-corrected chi connectivity index (χ4v) is 3.30. The third-order valence-electron chi connectivity index (χ3n) is 4.24. The Morgan fingerprint density at radius 1 is 1.33 bits per heavy atom. The topological polar surface area (TPSA) is 30.3 Å². The van der Waals surface area contributed by atoms with E-state index in [0.717, 1.165) is 18.7 Å². The molecule has 2 heterocycles. The molecule has 2 aliphatic heterocycles. The Labute approximate surface area is 109 Å². The van der Waals surface area contributed by atoms with Crippen LogP contribution in [0.5, 0.6) is 0 Å². The molecule has 0 bridgehead atoms. The molecule has 94 valence electrons. The van der Waals surface area contributed by atoms with Crippen LogP contribution in [0.25, 0.3) is 0 Å².